The number of aromatic amines is 1. The van der Waals surface area contributed by atoms with Crippen molar-refractivity contribution in [3.05, 3.63) is 65.9 Å². The van der Waals surface area contributed by atoms with Crippen molar-refractivity contribution >= 4 is 10.9 Å². The van der Waals surface area contributed by atoms with Gasteiger partial charge in [-0.1, -0.05) is 43.7 Å². The molecule has 0 spiro atoms. The summed E-state index contributed by atoms with van der Waals surface area (Å²) in [6, 6.07) is 16.5. The van der Waals surface area contributed by atoms with E-state index in [1.54, 1.807) is 0 Å². The molecule has 3 aromatic rings. The molecule has 1 heterocycles. The van der Waals surface area contributed by atoms with Crippen LogP contribution in [0.2, 0.25) is 0 Å². The second-order valence-corrected chi connectivity index (χ2v) is 5.05. The second kappa shape index (κ2) is 5.83. The molecule has 2 heteroatoms. The zero-order valence-electron chi connectivity index (χ0n) is 11.7. The average molecular weight is 267 g/mol. The van der Waals surface area contributed by atoms with Gasteiger partial charge in [0.15, 0.2) is 0 Å². The summed E-state index contributed by atoms with van der Waals surface area (Å²) >= 11 is 0. The molecule has 0 aliphatic carbocycles. The van der Waals surface area contributed by atoms with E-state index in [1.807, 2.05) is 24.3 Å². The highest BCUT2D eigenvalue weighted by Gasteiger charge is 2.04. The summed E-state index contributed by atoms with van der Waals surface area (Å²) in [5, 5.41) is 1.28. The van der Waals surface area contributed by atoms with E-state index in [9.17, 15) is 0 Å². The van der Waals surface area contributed by atoms with Gasteiger partial charge in [-0.2, -0.15) is 0 Å². The summed E-state index contributed by atoms with van der Waals surface area (Å²) in [7, 11) is 0. The number of ether oxygens (including phenoxy) is 1. The third-order valence-electron chi connectivity index (χ3n) is 3.51. The minimum absolute atomic E-state index is 0. The van der Waals surface area contributed by atoms with Crippen LogP contribution in [0.1, 0.15) is 25.9 Å². The van der Waals surface area contributed by atoms with E-state index >= 15 is 0 Å². The van der Waals surface area contributed by atoms with E-state index in [4.69, 9.17) is 4.74 Å². The fourth-order valence-corrected chi connectivity index (χ4v) is 2.46. The maximum absolute atomic E-state index is 5.89. The molecule has 2 aromatic carbocycles. The van der Waals surface area contributed by atoms with Crippen LogP contribution in [0, 0.1) is 0 Å². The molecule has 0 saturated heterocycles. The van der Waals surface area contributed by atoms with E-state index in [1.165, 1.54) is 22.0 Å². The van der Waals surface area contributed by atoms with Gasteiger partial charge in [0.2, 0.25) is 0 Å². The van der Waals surface area contributed by atoms with E-state index in [2.05, 4.69) is 42.4 Å². The highest BCUT2D eigenvalue weighted by Crippen LogP contribution is 2.25. The van der Waals surface area contributed by atoms with Crippen LogP contribution in [0.4, 0.5) is 0 Å². The van der Waals surface area contributed by atoms with Crippen LogP contribution in [-0.4, -0.2) is 4.98 Å². The van der Waals surface area contributed by atoms with Gasteiger partial charge in [-0.15, -0.1) is 0 Å². The third-order valence-corrected chi connectivity index (χ3v) is 3.51. The Morgan fingerprint density at radius 1 is 1.10 bits per heavy atom. The fourth-order valence-electron chi connectivity index (χ4n) is 2.46. The Balaban J connectivity index is 0.00000161. The molecule has 0 unspecified atom stereocenters. The molecule has 0 aliphatic heterocycles. The topological polar surface area (TPSA) is 25.0 Å². The molecule has 1 N–H and O–H groups in total. The van der Waals surface area contributed by atoms with Crippen molar-refractivity contribution in [2.24, 2.45) is 0 Å². The molecular formula is C18H21NO. The Hall–Kier alpha value is -2.22. The van der Waals surface area contributed by atoms with Crippen LogP contribution in [0.15, 0.2) is 54.7 Å². The molecule has 0 fully saturated rings. The molecule has 0 saturated carbocycles. The lowest BCUT2D eigenvalue weighted by atomic mass is 10.1. The van der Waals surface area contributed by atoms with Crippen molar-refractivity contribution in [2.45, 2.75) is 26.4 Å². The second-order valence-electron chi connectivity index (χ2n) is 5.05. The predicted octanol–water partition coefficient (Wildman–Crippen LogP) is 4.95. The minimum Gasteiger partial charge on any atom is -0.489 e. The van der Waals surface area contributed by atoms with Crippen LogP contribution in [0.5, 0.6) is 5.75 Å². The number of benzene rings is 2. The lowest BCUT2D eigenvalue weighted by molar-refractivity contribution is 0.306. The number of fused-ring (bicyclic) bond motifs is 1. The molecule has 0 bridgehead atoms. The van der Waals surface area contributed by atoms with Crippen LogP contribution >= 0.6 is 0 Å². The zero-order chi connectivity index (χ0) is 13.8. The number of aryl methyl sites for hydroxylation is 1. The normalized spacial score (nSPS) is 10.8. The van der Waals surface area contributed by atoms with Crippen LogP contribution in [0.3, 0.4) is 0 Å². The average Bonchev–Trinajstić information content (AvgIpc) is 2.89. The molecule has 3 rings (SSSR count). The molecule has 0 atom stereocenters. The Labute approximate surface area is 120 Å². The maximum Gasteiger partial charge on any atom is 0.120 e. The highest BCUT2D eigenvalue weighted by molar-refractivity contribution is 5.84. The predicted molar refractivity (Wildman–Crippen MR) is 85.2 cm³/mol. The Bertz CT molecular complexity index is 691. The Kier molecular flexibility index (Phi) is 3.73. The van der Waals surface area contributed by atoms with Crippen molar-refractivity contribution in [2.75, 3.05) is 0 Å². The van der Waals surface area contributed by atoms with Gasteiger partial charge in [0.25, 0.3) is 0 Å². The Morgan fingerprint density at radius 3 is 2.75 bits per heavy atom. The number of aromatic nitrogens is 1. The minimum atomic E-state index is 0. The highest BCUT2D eigenvalue weighted by atomic mass is 16.5. The van der Waals surface area contributed by atoms with Crippen molar-refractivity contribution in [1.29, 1.82) is 0 Å². The lowest BCUT2D eigenvalue weighted by Crippen LogP contribution is -1.94. The summed E-state index contributed by atoms with van der Waals surface area (Å²) in [6.45, 7) is 2.81. The Morgan fingerprint density at radius 2 is 1.95 bits per heavy atom. The van der Waals surface area contributed by atoms with Gasteiger partial charge in [-0.3, -0.25) is 0 Å². The smallest absolute Gasteiger partial charge is 0.120 e. The first-order valence-electron chi connectivity index (χ1n) is 7.13. The van der Waals surface area contributed by atoms with Gasteiger partial charge >= 0.3 is 0 Å². The van der Waals surface area contributed by atoms with E-state index in [-0.39, 0.29) is 1.43 Å². The molecule has 2 nitrogen and oxygen atoms in total. The summed E-state index contributed by atoms with van der Waals surface area (Å²) in [5.41, 5.74) is 3.74. The van der Waals surface area contributed by atoms with Crippen molar-refractivity contribution < 1.29 is 6.16 Å². The van der Waals surface area contributed by atoms with Gasteiger partial charge in [0.1, 0.15) is 12.4 Å². The van der Waals surface area contributed by atoms with Gasteiger partial charge < -0.3 is 9.72 Å². The lowest BCUT2D eigenvalue weighted by Gasteiger charge is -2.07. The third kappa shape index (κ3) is 2.69. The number of rotatable bonds is 5. The first-order chi connectivity index (χ1) is 9.86. The molecule has 104 valence electrons. The fraction of sp³-hybridized carbons (Fsp3) is 0.222. The van der Waals surface area contributed by atoms with Gasteiger partial charge in [-0.25, -0.2) is 0 Å². The molecule has 0 amide bonds. The molecule has 0 aliphatic rings. The summed E-state index contributed by atoms with van der Waals surface area (Å²) in [5.74, 6) is 0.929. The zero-order valence-corrected chi connectivity index (χ0v) is 11.7. The van der Waals surface area contributed by atoms with E-state index < -0.39 is 0 Å². The number of hydrogen-bond donors (Lipinski definition) is 1. The van der Waals surface area contributed by atoms with E-state index in [0.29, 0.717) is 6.61 Å². The largest absolute Gasteiger partial charge is 0.489 e. The summed E-state index contributed by atoms with van der Waals surface area (Å²) in [6.07, 6.45) is 4.36. The molecular weight excluding hydrogens is 246 g/mol. The van der Waals surface area contributed by atoms with Crippen molar-refractivity contribution in [3.63, 3.8) is 0 Å². The SMILES string of the molecule is CCCc1c[nH]c2ccc(OCc3ccccc3)cc12.[HH]. The van der Waals surface area contributed by atoms with Gasteiger partial charge in [0, 0.05) is 18.5 Å². The number of H-pyrrole nitrogens is 1. The summed E-state index contributed by atoms with van der Waals surface area (Å²) < 4.78 is 5.89. The van der Waals surface area contributed by atoms with E-state index in [0.717, 1.165) is 18.6 Å². The first kappa shape index (κ1) is 12.8. The number of hydrogen-bond acceptors (Lipinski definition) is 1. The van der Waals surface area contributed by atoms with Crippen molar-refractivity contribution in [3.8, 4) is 5.75 Å². The monoisotopic (exact) mass is 267 g/mol. The first-order valence-corrected chi connectivity index (χ1v) is 7.13. The van der Waals surface area contributed by atoms with Crippen molar-refractivity contribution in [1.82, 2.24) is 4.98 Å². The maximum atomic E-state index is 5.89. The molecule has 1 aromatic heterocycles. The quantitative estimate of drug-likeness (QED) is 0.695. The van der Waals surface area contributed by atoms with Gasteiger partial charge in [0.05, 0.1) is 0 Å². The number of nitrogens with one attached hydrogen (secondary N) is 1. The van der Waals surface area contributed by atoms with Crippen LogP contribution in [0.25, 0.3) is 10.9 Å². The van der Waals surface area contributed by atoms with Crippen LogP contribution in [-0.2, 0) is 13.0 Å². The van der Waals surface area contributed by atoms with Gasteiger partial charge in [-0.05, 0) is 35.7 Å². The summed E-state index contributed by atoms with van der Waals surface area (Å²) in [4.78, 5) is 3.32. The van der Waals surface area contributed by atoms with Crippen LogP contribution < -0.4 is 4.74 Å². The molecule has 20 heavy (non-hydrogen) atoms. The standard InChI is InChI=1S/C18H19NO.H2/c1-2-6-15-12-19-18-10-9-16(11-17(15)18)20-13-14-7-4-3-5-8-14;/h3-5,7-12,19H,2,6,13H2,1H3;1H. The molecule has 0 radical (unpaired) electrons.